The molecule has 0 radical (unpaired) electrons. The van der Waals surface area contributed by atoms with E-state index in [9.17, 15) is 9.59 Å². The number of carbonyl (C=O) groups is 2. The molecule has 0 saturated carbocycles. The summed E-state index contributed by atoms with van der Waals surface area (Å²) >= 11 is 11.7. The zero-order valence-corrected chi connectivity index (χ0v) is 11.5. The van der Waals surface area contributed by atoms with Gasteiger partial charge < -0.3 is 0 Å². The topological polar surface area (TPSA) is 50.3 Å². The van der Waals surface area contributed by atoms with Crippen molar-refractivity contribution < 1.29 is 9.59 Å². The Balaban J connectivity index is 2.27. The third kappa shape index (κ3) is 2.35. The van der Waals surface area contributed by atoms with E-state index >= 15 is 0 Å². The fourth-order valence-electron chi connectivity index (χ4n) is 1.91. The van der Waals surface area contributed by atoms with Crippen molar-refractivity contribution in [3.05, 3.63) is 28.0 Å². The zero-order valence-electron chi connectivity index (χ0n) is 10.0. The highest BCUT2D eigenvalue weighted by Gasteiger charge is 2.44. The fraction of sp³-hybridized carbons (Fsp3) is 0.417. The van der Waals surface area contributed by atoms with Crippen LogP contribution in [-0.2, 0) is 16.1 Å². The largest absolute Gasteiger partial charge is 0.276 e. The molecular formula is C12H12Cl2N2O2. The van der Waals surface area contributed by atoms with Crippen molar-refractivity contribution >= 4 is 35.0 Å². The first kappa shape index (κ1) is 13.3. The van der Waals surface area contributed by atoms with Crippen LogP contribution in [0.25, 0.3) is 0 Å². The van der Waals surface area contributed by atoms with E-state index in [1.54, 1.807) is 26.0 Å². The van der Waals surface area contributed by atoms with Crippen molar-refractivity contribution in [2.24, 2.45) is 5.41 Å². The van der Waals surface area contributed by atoms with Crippen LogP contribution in [0.2, 0.25) is 10.2 Å². The van der Waals surface area contributed by atoms with Gasteiger partial charge in [0.05, 0.1) is 22.7 Å². The Morgan fingerprint density at radius 2 is 2.00 bits per heavy atom. The normalized spacial score (nSPS) is 18.6. The van der Waals surface area contributed by atoms with E-state index in [0.717, 1.165) is 0 Å². The molecule has 2 heterocycles. The summed E-state index contributed by atoms with van der Waals surface area (Å²) < 4.78 is 0. The second-order valence-electron chi connectivity index (χ2n) is 4.91. The molecule has 0 aliphatic carbocycles. The molecule has 0 unspecified atom stereocenters. The number of aromatic nitrogens is 1. The molecule has 2 amide bonds. The van der Waals surface area contributed by atoms with E-state index < -0.39 is 5.41 Å². The molecule has 1 saturated heterocycles. The Bertz CT molecular complexity index is 529. The molecule has 1 aliphatic rings. The van der Waals surface area contributed by atoms with Gasteiger partial charge in [-0.2, -0.15) is 0 Å². The molecule has 0 aromatic carbocycles. The smallest absolute Gasteiger partial charge is 0.235 e. The van der Waals surface area contributed by atoms with Gasteiger partial charge in [0, 0.05) is 6.42 Å². The lowest BCUT2D eigenvalue weighted by molar-refractivity contribution is -0.141. The molecule has 1 aromatic heterocycles. The van der Waals surface area contributed by atoms with Crippen LogP contribution >= 0.6 is 23.2 Å². The molecule has 0 spiro atoms. The van der Waals surface area contributed by atoms with Crippen LogP contribution < -0.4 is 0 Å². The number of likely N-dealkylation sites (tertiary alicyclic amines) is 1. The van der Waals surface area contributed by atoms with Crippen molar-refractivity contribution in [2.45, 2.75) is 26.8 Å². The first-order valence-electron chi connectivity index (χ1n) is 5.47. The lowest BCUT2D eigenvalue weighted by Gasteiger charge is -2.17. The van der Waals surface area contributed by atoms with Gasteiger partial charge in [0.1, 0.15) is 5.15 Å². The molecule has 18 heavy (non-hydrogen) atoms. The van der Waals surface area contributed by atoms with Crippen LogP contribution in [0.15, 0.2) is 12.1 Å². The van der Waals surface area contributed by atoms with Crippen LogP contribution in [0.5, 0.6) is 0 Å². The SMILES string of the molecule is CC1(C)CC(=O)N(Cc2nc(Cl)ccc2Cl)C1=O. The van der Waals surface area contributed by atoms with Gasteiger partial charge in [0.15, 0.2) is 0 Å². The Morgan fingerprint density at radius 1 is 1.33 bits per heavy atom. The zero-order chi connectivity index (χ0) is 13.5. The second-order valence-corrected chi connectivity index (χ2v) is 5.70. The van der Waals surface area contributed by atoms with E-state index in [0.29, 0.717) is 10.7 Å². The van der Waals surface area contributed by atoms with Crippen molar-refractivity contribution in [3.8, 4) is 0 Å². The molecule has 1 aromatic rings. The van der Waals surface area contributed by atoms with Gasteiger partial charge in [0.2, 0.25) is 11.8 Å². The van der Waals surface area contributed by atoms with E-state index in [1.807, 2.05) is 0 Å². The Kier molecular flexibility index (Phi) is 3.34. The van der Waals surface area contributed by atoms with Crippen molar-refractivity contribution in [1.29, 1.82) is 0 Å². The molecule has 96 valence electrons. The lowest BCUT2D eigenvalue weighted by atomic mass is 9.92. The number of hydrogen-bond acceptors (Lipinski definition) is 3. The van der Waals surface area contributed by atoms with Crippen molar-refractivity contribution in [3.63, 3.8) is 0 Å². The maximum absolute atomic E-state index is 12.0. The van der Waals surface area contributed by atoms with E-state index in [4.69, 9.17) is 23.2 Å². The minimum absolute atomic E-state index is 0.0699. The lowest BCUT2D eigenvalue weighted by Crippen LogP contribution is -2.32. The van der Waals surface area contributed by atoms with Gasteiger partial charge in [-0.1, -0.05) is 37.0 Å². The summed E-state index contributed by atoms with van der Waals surface area (Å²) in [5.41, 5.74) is -0.217. The van der Waals surface area contributed by atoms with Crippen LogP contribution in [0.4, 0.5) is 0 Å². The number of rotatable bonds is 2. The molecule has 4 nitrogen and oxygen atoms in total. The summed E-state index contributed by atoms with van der Waals surface area (Å²) in [6, 6.07) is 3.16. The summed E-state index contributed by atoms with van der Waals surface area (Å²) in [4.78, 5) is 29.1. The number of amides is 2. The average molecular weight is 287 g/mol. The Hall–Kier alpha value is -1.13. The summed E-state index contributed by atoms with van der Waals surface area (Å²) in [6.07, 6.45) is 0.212. The third-order valence-corrected chi connectivity index (χ3v) is 3.47. The number of nitrogens with zero attached hydrogens (tertiary/aromatic N) is 2. The molecule has 0 atom stereocenters. The van der Waals surface area contributed by atoms with Crippen LogP contribution in [-0.4, -0.2) is 21.7 Å². The average Bonchev–Trinajstić information content (AvgIpc) is 2.46. The summed E-state index contributed by atoms with van der Waals surface area (Å²) in [5.74, 6) is -0.409. The number of pyridine rings is 1. The molecule has 6 heteroatoms. The number of halogens is 2. The van der Waals surface area contributed by atoms with Gasteiger partial charge in [-0.15, -0.1) is 0 Å². The van der Waals surface area contributed by atoms with E-state index in [1.165, 1.54) is 4.90 Å². The van der Waals surface area contributed by atoms with Crippen molar-refractivity contribution in [1.82, 2.24) is 9.88 Å². The van der Waals surface area contributed by atoms with Gasteiger partial charge >= 0.3 is 0 Å². The third-order valence-electron chi connectivity index (χ3n) is 2.91. The fourth-order valence-corrected chi connectivity index (χ4v) is 2.24. The predicted molar refractivity (Wildman–Crippen MR) is 68.2 cm³/mol. The number of imide groups is 1. The monoisotopic (exact) mass is 286 g/mol. The number of hydrogen-bond donors (Lipinski definition) is 0. The summed E-state index contributed by atoms with van der Waals surface area (Å²) in [7, 11) is 0. The molecule has 2 rings (SSSR count). The maximum atomic E-state index is 12.0. The first-order chi connectivity index (χ1) is 8.31. The van der Waals surface area contributed by atoms with Crippen molar-refractivity contribution in [2.75, 3.05) is 0 Å². The standard InChI is InChI=1S/C12H12Cl2N2O2/c1-12(2)5-10(17)16(11(12)18)6-8-7(13)3-4-9(14)15-8/h3-4H,5-6H2,1-2H3. The Labute approximate surface area is 115 Å². The van der Waals surface area contributed by atoms with Crippen LogP contribution in [0.3, 0.4) is 0 Å². The summed E-state index contributed by atoms with van der Waals surface area (Å²) in [5, 5.41) is 0.678. The molecule has 0 N–H and O–H groups in total. The van der Waals surface area contributed by atoms with E-state index in [2.05, 4.69) is 4.98 Å². The molecular weight excluding hydrogens is 275 g/mol. The Morgan fingerprint density at radius 3 is 2.56 bits per heavy atom. The van der Waals surface area contributed by atoms with Gasteiger partial charge in [-0.25, -0.2) is 4.98 Å². The van der Waals surface area contributed by atoms with Crippen LogP contribution in [0.1, 0.15) is 26.0 Å². The van der Waals surface area contributed by atoms with Gasteiger partial charge in [-0.05, 0) is 12.1 Å². The van der Waals surface area contributed by atoms with Crippen LogP contribution in [0, 0.1) is 5.41 Å². The highest BCUT2D eigenvalue weighted by atomic mass is 35.5. The highest BCUT2D eigenvalue weighted by Crippen LogP contribution is 2.33. The summed E-state index contributed by atoms with van der Waals surface area (Å²) in [6.45, 7) is 3.57. The van der Waals surface area contributed by atoms with Gasteiger partial charge in [0.25, 0.3) is 0 Å². The minimum Gasteiger partial charge on any atom is -0.276 e. The quantitative estimate of drug-likeness (QED) is 0.620. The first-order valence-corrected chi connectivity index (χ1v) is 6.22. The highest BCUT2D eigenvalue weighted by molar-refractivity contribution is 6.32. The second kappa shape index (κ2) is 4.52. The minimum atomic E-state index is -0.651. The van der Waals surface area contributed by atoms with Gasteiger partial charge in [-0.3, -0.25) is 14.5 Å². The predicted octanol–water partition coefficient (Wildman–Crippen LogP) is 2.67. The maximum Gasteiger partial charge on any atom is 0.235 e. The molecule has 1 fully saturated rings. The molecule has 0 bridgehead atoms. The molecule has 1 aliphatic heterocycles. The van der Waals surface area contributed by atoms with E-state index in [-0.39, 0.29) is 29.9 Å². The number of carbonyl (C=O) groups excluding carboxylic acids is 2.